The molecule has 2 bridgehead atoms. The Morgan fingerprint density at radius 3 is 2.66 bits per heavy atom. The highest BCUT2D eigenvalue weighted by molar-refractivity contribution is 5.96. The summed E-state index contributed by atoms with van der Waals surface area (Å²) in [5, 5.41) is 19.1. The van der Waals surface area contributed by atoms with Gasteiger partial charge in [-0.3, -0.25) is 14.3 Å². The lowest BCUT2D eigenvalue weighted by Crippen LogP contribution is -2.36. The van der Waals surface area contributed by atoms with Crippen molar-refractivity contribution in [2.24, 2.45) is 23.7 Å². The fourth-order valence-electron chi connectivity index (χ4n) is 4.86. The van der Waals surface area contributed by atoms with Gasteiger partial charge in [-0.2, -0.15) is 5.10 Å². The van der Waals surface area contributed by atoms with Crippen molar-refractivity contribution in [3.05, 3.63) is 72.6 Å². The fourth-order valence-corrected chi connectivity index (χ4v) is 4.86. The summed E-state index contributed by atoms with van der Waals surface area (Å²) in [5.74, 6) is -2.33. The van der Waals surface area contributed by atoms with Crippen LogP contribution in [0.3, 0.4) is 0 Å². The third-order valence-corrected chi connectivity index (χ3v) is 6.16. The van der Waals surface area contributed by atoms with Crippen LogP contribution in [0.4, 0.5) is 5.69 Å². The van der Waals surface area contributed by atoms with Gasteiger partial charge in [-0.1, -0.05) is 54.6 Å². The van der Waals surface area contributed by atoms with Gasteiger partial charge in [-0.25, -0.2) is 0 Å². The normalized spacial score (nSPS) is 24.8. The van der Waals surface area contributed by atoms with Crippen LogP contribution in [0.2, 0.25) is 0 Å². The number of hydrogen-bond acceptors (Lipinski definition) is 3. The van der Waals surface area contributed by atoms with Gasteiger partial charge in [0, 0.05) is 6.20 Å². The maximum absolute atomic E-state index is 12.8. The number of allylic oxidation sites excluding steroid dienone is 2. The molecule has 1 fully saturated rings. The minimum absolute atomic E-state index is 0.00632. The van der Waals surface area contributed by atoms with Crippen LogP contribution in [-0.2, 0) is 16.1 Å². The summed E-state index contributed by atoms with van der Waals surface area (Å²) in [6, 6.07) is 14.4. The Labute approximate surface area is 167 Å². The number of aromatic nitrogens is 2. The molecule has 1 saturated carbocycles. The second kappa shape index (κ2) is 6.88. The molecule has 1 amide bonds. The molecule has 0 spiro atoms. The molecule has 146 valence electrons. The van der Waals surface area contributed by atoms with E-state index in [9.17, 15) is 14.7 Å². The van der Waals surface area contributed by atoms with Crippen molar-refractivity contribution in [1.29, 1.82) is 0 Å². The standard InChI is InChI=1S/C23H21N3O3/c27-22(20-15-8-9-16(10-15)21(20)23(28)29)25-18-11-24-26(13-18)12-17-6-3-5-14-4-1-2-7-19(14)17/h1-9,11,13,15-16,20-21H,10,12H2,(H,25,27)(H,28,29)/t15-,16+,20+,21+/m1/s1. The number of carbonyl (C=O) groups excluding carboxylic acids is 1. The molecule has 6 nitrogen and oxygen atoms in total. The lowest BCUT2D eigenvalue weighted by atomic mass is 9.82. The number of carboxylic acids is 1. The van der Waals surface area contributed by atoms with Crippen LogP contribution in [0.15, 0.2) is 67.0 Å². The van der Waals surface area contributed by atoms with Gasteiger partial charge in [0.15, 0.2) is 0 Å². The first-order chi connectivity index (χ1) is 14.1. The third-order valence-electron chi connectivity index (χ3n) is 6.16. The van der Waals surface area contributed by atoms with Crippen molar-refractivity contribution in [3.63, 3.8) is 0 Å². The molecule has 0 saturated heterocycles. The van der Waals surface area contributed by atoms with E-state index < -0.39 is 17.8 Å². The van der Waals surface area contributed by atoms with E-state index in [4.69, 9.17) is 0 Å². The van der Waals surface area contributed by atoms with Crippen molar-refractivity contribution in [2.45, 2.75) is 13.0 Å². The number of nitrogens with one attached hydrogen (secondary N) is 1. The Bertz CT molecular complexity index is 1130. The molecular formula is C23H21N3O3. The number of benzene rings is 2. The average Bonchev–Trinajstić information content (AvgIpc) is 3.44. The number of carboxylic acid groups (broad SMARTS) is 1. The molecule has 4 atom stereocenters. The number of amides is 1. The van der Waals surface area contributed by atoms with Crippen molar-refractivity contribution in [3.8, 4) is 0 Å². The van der Waals surface area contributed by atoms with Gasteiger partial charge in [0.25, 0.3) is 0 Å². The number of aliphatic carboxylic acids is 1. The monoisotopic (exact) mass is 387 g/mol. The second-order valence-corrected chi connectivity index (χ2v) is 7.89. The molecule has 1 heterocycles. The van der Waals surface area contributed by atoms with Gasteiger partial charge >= 0.3 is 5.97 Å². The van der Waals surface area contributed by atoms with Gasteiger partial charge < -0.3 is 10.4 Å². The van der Waals surface area contributed by atoms with Crippen molar-refractivity contribution in [1.82, 2.24) is 9.78 Å². The second-order valence-electron chi connectivity index (χ2n) is 7.89. The third kappa shape index (κ3) is 3.10. The Balaban J connectivity index is 1.32. The smallest absolute Gasteiger partial charge is 0.307 e. The quantitative estimate of drug-likeness (QED) is 0.656. The highest BCUT2D eigenvalue weighted by Crippen LogP contribution is 2.48. The summed E-state index contributed by atoms with van der Waals surface area (Å²) < 4.78 is 1.78. The molecule has 0 unspecified atom stereocenters. The topological polar surface area (TPSA) is 84.2 Å². The minimum atomic E-state index is -0.895. The van der Waals surface area contributed by atoms with Crippen LogP contribution >= 0.6 is 0 Å². The summed E-state index contributed by atoms with van der Waals surface area (Å²) in [4.78, 5) is 24.5. The maximum Gasteiger partial charge on any atom is 0.307 e. The van der Waals surface area contributed by atoms with E-state index >= 15 is 0 Å². The number of carbonyl (C=O) groups is 2. The molecule has 2 aliphatic rings. The van der Waals surface area contributed by atoms with Crippen LogP contribution in [0.1, 0.15) is 12.0 Å². The Hall–Kier alpha value is -3.41. The highest BCUT2D eigenvalue weighted by Gasteiger charge is 2.51. The molecule has 3 aromatic rings. The first-order valence-corrected chi connectivity index (χ1v) is 9.81. The van der Waals surface area contributed by atoms with E-state index in [0.717, 1.165) is 12.0 Å². The summed E-state index contributed by atoms with van der Waals surface area (Å²) in [7, 11) is 0. The molecule has 2 N–H and O–H groups in total. The Morgan fingerprint density at radius 2 is 1.83 bits per heavy atom. The van der Waals surface area contributed by atoms with Crippen LogP contribution < -0.4 is 5.32 Å². The first kappa shape index (κ1) is 17.7. The zero-order valence-electron chi connectivity index (χ0n) is 15.7. The van der Waals surface area contributed by atoms with E-state index in [0.29, 0.717) is 12.2 Å². The first-order valence-electron chi connectivity index (χ1n) is 9.81. The van der Waals surface area contributed by atoms with Crippen molar-refractivity contribution < 1.29 is 14.7 Å². The average molecular weight is 387 g/mol. The Morgan fingerprint density at radius 1 is 1.07 bits per heavy atom. The molecule has 1 aromatic heterocycles. The predicted molar refractivity (Wildman–Crippen MR) is 109 cm³/mol. The summed E-state index contributed by atoms with van der Waals surface area (Å²) >= 11 is 0. The number of nitrogens with zero attached hydrogens (tertiary/aromatic N) is 2. The van der Waals surface area contributed by atoms with Gasteiger partial charge in [0.2, 0.25) is 5.91 Å². The van der Waals surface area contributed by atoms with Gasteiger partial charge in [0.05, 0.1) is 30.3 Å². The van der Waals surface area contributed by atoms with Crippen LogP contribution in [-0.4, -0.2) is 26.8 Å². The maximum atomic E-state index is 12.8. The number of anilines is 1. The summed E-state index contributed by atoms with van der Waals surface area (Å²) in [6.45, 7) is 0.589. The largest absolute Gasteiger partial charge is 0.481 e. The molecule has 0 radical (unpaired) electrons. The predicted octanol–water partition coefficient (Wildman–Crippen LogP) is 3.55. The Kier molecular flexibility index (Phi) is 4.19. The van der Waals surface area contributed by atoms with Crippen LogP contribution in [0.5, 0.6) is 0 Å². The van der Waals surface area contributed by atoms with E-state index in [1.165, 1.54) is 10.8 Å². The van der Waals surface area contributed by atoms with Crippen molar-refractivity contribution >= 4 is 28.3 Å². The highest BCUT2D eigenvalue weighted by atomic mass is 16.4. The number of rotatable bonds is 5. The molecule has 2 aromatic carbocycles. The minimum Gasteiger partial charge on any atom is -0.481 e. The van der Waals surface area contributed by atoms with Crippen LogP contribution in [0, 0.1) is 23.7 Å². The van der Waals surface area contributed by atoms with Crippen LogP contribution in [0.25, 0.3) is 10.8 Å². The van der Waals surface area contributed by atoms with Gasteiger partial charge in [-0.05, 0) is 34.6 Å². The van der Waals surface area contributed by atoms with E-state index in [-0.39, 0.29) is 17.7 Å². The lowest BCUT2D eigenvalue weighted by molar-refractivity contribution is -0.146. The molecular weight excluding hydrogens is 366 g/mol. The zero-order chi connectivity index (χ0) is 20.0. The fraction of sp³-hybridized carbons (Fsp3) is 0.261. The molecule has 29 heavy (non-hydrogen) atoms. The van der Waals surface area contributed by atoms with E-state index in [1.807, 2.05) is 30.4 Å². The SMILES string of the molecule is O=C(Nc1cnn(Cc2cccc3ccccc23)c1)[C@@H]1[C@@H](C(=O)O)[C@H]2C=C[C@@H]1C2. The van der Waals surface area contributed by atoms with E-state index in [1.54, 1.807) is 17.1 Å². The van der Waals surface area contributed by atoms with Crippen molar-refractivity contribution in [2.75, 3.05) is 5.32 Å². The zero-order valence-corrected chi connectivity index (χ0v) is 15.7. The molecule has 5 rings (SSSR count). The summed E-state index contributed by atoms with van der Waals surface area (Å²) in [6.07, 6.45) is 8.07. The van der Waals surface area contributed by atoms with E-state index in [2.05, 4.69) is 34.7 Å². The number of fused-ring (bicyclic) bond motifs is 3. The summed E-state index contributed by atoms with van der Waals surface area (Å²) in [5.41, 5.74) is 1.74. The molecule has 6 heteroatoms. The molecule has 0 aliphatic heterocycles. The van der Waals surface area contributed by atoms with Gasteiger partial charge in [0.1, 0.15) is 0 Å². The van der Waals surface area contributed by atoms with Gasteiger partial charge in [-0.15, -0.1) is 0 Å². The number of hydrogen-bond donors (Lipinski definition) is 2. The molecule has 2 aliphatic carbocycles. The lowest BCUT2D eigenvalue weighted by Gasteiger charge is -2.23.